The van der Waals surface area contributed by atoms with Gasteiger partial charge in [-0.3, -0.25) is 0 Å². The van der Waals surface area contributed by atoms with E-state index in [0.29, 0.717) is 5.76 Å². The highest BCUT2D eigenvalue weighted by molar-refractivity contribution is 5.41. The van der Waals surface area contributed by atoms with Gasteiger partial charge in [0.1, 0.15) is 5.76 Å². The molecule has 0 aromatic rings. The Balaban J connectivity index is 2.41. The zero-order valence-electron chi connectivity index (χ0n) is 9.03. The molecular weight excluding hydrogens is 174 g/mol. The molecule has 0 atom stereocenters. The summed E-state index contributed by atoms with van der Waals surface area (Å²) in [4.78, 5) is 2.30. The van der Waals surface area contributed by atoms with Crippen LogP contribution in [0.3, 0.4) is 0 Å². The standard InChI is InChI=1S/C12H19NO/c1-3-13(4-2)10-9-12(14)11-7-5-6-8-11/h5-8,14H,3-4,9-10H2,1-2H3. The summed E-state index contributed by atoms with van der Waals surface area (Å²) < 4.78 is 0. The maximum atomic E-state index is 9.74. The molecule has 2 nitrogen and oxygen atoms in total. The minimum absolute atomic E-state index is 0.502. The van der Waals surface area contributed by atoms with Crippen LogP contribution < -0.4 is 0 Å². The van der Waals surface area contributed by atoms with Gasteiger partial charge in [0.2, 0.25) is 0 Å². The third kappa shape index (κ3) is 3.04. The second kappa shape index (κ2) is 5.66. The summed E-state index contributed by atoms with van der Waals surface area (Å²) in [5.74, 6) is 0.502. The molecule has 1 aliphatic rings. The van der Waals surface area contributed by atoms with Crippen LogP contribution in [0.2, 0.25) is 0 Å². The summed E-state index contributed by atoms with van der Waals surface area (Å²) >= 11 is 0. The zero-order valence-corrected chi connectivity index (χ0v) is 9.03. The Hall–Kier alpha value is -1.02. The number of aliphatic hydroxyl groups is 1. The van der Waals surface area contributed by atoms with Crippen molar-refractivity contribution in [3.8, 4) is 0 Å². The molecule has 1 rings (SSSR count). The van der Waals surface area contributed by atoms with Gasteiger partial charge in [0, 0.05) is 18.5 Å². The number of allylic oxidation sites excluding steroid dienone is 5. The first kappa shape index (κ1) is 11.1. The smallest absolute Gasteiger partial charge is 0.101 e. The van der Waals surface area contributed by atoms with E-state index in [9.17, 15) is 5.11 Å². The van der Waals surface area contributed by atoms with E-state index in [0.717, 1.165) is 31.6 Å². The van der Waals surface area contributed by atoms with Gasteiger partial charge in [-0.2, -0.15) is 0 Å². The molecule has 0 bridgehead atoms. The Bertz CT molecular complexity index is 245. The predicted molar refractivity (Wildman–Crippen MR) is 60.3 cm³/mol. The molecule has 0 unspecified atom stereocenters. The molecule has 0 aromatic carbocycles. The van der Waals surface area contributed by atoms with E-state index in [1.807, 2.05) is 24.3 Å². The Morgan fingerprint density at radius 2 is 1.79 bits per heavy atom. The molecule has 0 spiro atoms. The molecule has 0 heterocycles. The van der Waals surface area contributed by atoms with Crippen LogP contribution in [0, 0.1) is 0 Å². The van der Waals surface area contributed by atoms with Crippen molar-refractivity contribution >= 4 is 0 Å². The molecule has 2 heteroatoms. The van der Waals surface area contributed by atoms with Crippen LogP contribution >= 0.6 is 0 Å². The first-order valence-electron chi connectivity index (χ1n) is 5.27. The Labute approximate surface area is 86.2 Å². The van der Waals surface area contributed by atoms with Gasteiger partial charge in [0.25, 0.3) is 0 Å². The van der Waals surface area contributed by atoms with Gasteiger partial charge in [0.05, 0.1) is 0 Å². The van der Waals surface area contributed by atoms with Crippen LogP contribution in [0.4, 0.5) is 0 Å². The molecular formula is C12H19NO. The van der Waals surface area contributed by atoms with Gasteiger partial charge in [-0.05, 0) is 13.1 Å². The molecule has 0 aliphatic heterocycles. The average Bonchev–Trinajstić information content (AvgIpc) is 2.72. The predicted octanol–water partition coefficient (Wildman–Crippen LogP) is 2.66. The van der Waals surface area contributed by atoms with E-state index in [1.54, 1.807) is 0 Å². The first-order valence-corrected chi connectivity index (χ1v) is 5.27. The van der Waals surface area contributed by atoms with Crippen molar-refractivity contribution in [3.63, 3.8) is 0 Å². The van der Waals surface area contributed by atoms with E-state index in [2.05, 4.69) is 18.7 Å². The molecule has 0 saturated carbocycles. The van der Waals surface area contributed by atoms with Crippen LogP contribution in [0.25, 0.3) is 0 Å². The second-order valence-corrected chi connectivity index (χ2v) is 3.40. The molecule has 1 N–H and O–H groups in total. The van der Waals surface area contributed by atoms with Crippen LogP contribution in [-0.4, -0.2) is 29.6 Å². The summed E-state index contributed by atoms with van der Waals surface area (Å²) in [5.41, 5.74) is 0.956. The van der Waals surface area contributed by atoms with Crippen molar-refractivity contribution in [1.29, 1.82) is 0 Å². The van der Waals surface area contributed by atoms with Crippen molar-refractivity contribution in [2.24, 2.45) is 0 Å². The second-order valence-electron chi connectivity index (χ2n) is 3.40. The van der Waals surface area contributed by atoms with Gasteiger partial charge < -0.3 is 10.0 Å². The highest BCUT2D eigenvalue weighted by Crippen LogP contribution is 2.14. The molecule has 14 heavy (non-hydrogen) atoms. The average molecular weight is 193 g/mol. The molecule has 0 amide bonds. The summed E-state index contributed by atoms with van der Waals surface area (Å²) in [6, 6.07) is 0. The molecule has 0 aromatic heterocycles. The summed E-state index contributed by atoms with van der Waals surface area (Å²) in [7, 11) is 0. The van der Waals surface area contributed by atoms with Crippen LogP contribution in [-0.2, 0) is 0 Å². The van der Waals surface area contributed by atoms with Crippen LogP contribution in [0.1, 0.15) is 20.3 Å². The SMILES string of the molecule is CCN(CC)CCC(O)=C1C=CC=C1. The lowest BCUT2D eigenvalue weighted by atomic mass is 10.2. The third-order valence-corrected chi connectivity index (χ3v) is 2.56. The monoisotopic (exact) mass is 193 g/mol. The maximum Gasteiger partial charge on any atom is 0.101 e. The van der Waals surface area contributed by atoms with Gasteiger partial charge in [-0.1, -0.05) is 38.2 Å². The number of rotatable bonds is 5. The topological polar surface area (TPSA) is 23.5 Å². The van der Waals surface area contributed by atoms with Crippen molar-refractivity contribution < 1.29 is 5.11 Å². The van der Waals surface area contributed by atoms with E-state index in [1.165, 1.54) is 0 Å². The lowest BCUT2D eigenvalue weighted by Gasteiger charge is -2.17. The summed E-state index contributed by atoms with van der Waals surface area (Å²) in [6.45, 7) is 7.31. The molecule has 0 fully saturated rings. The third-order valence-electron chi connectivity index (χ3n) is 2.56. The van der Waals surface area contributed by atoms with E-state index in [4.69, 9.17) is 0 Å². The van der Waals surface area contributed by atoms with E-state index >= 15 is 0 Å². The van der Waals surface area contributed by atoms with Crippen molar-refractivity contribution in [2.75, 3.05) is 19.6 Å². The number of nitrogens with zero attached hydrogens (tertiary/aromatic N) is 1. The number of hydrogen-bond donors (Lipinski definition) is 1. The van der Waals surface area contributed by atoms with Crippen LogP contribution in [0.15, 0.2) is 35.6 Å². The Kier molecular flexibility index (Phi) is 4.47. The molecule has 0 saturated heterocycles. The van der Waals surface area contributed by atoms with Gasteiger partial charge in [0.15, 0.2) is 0 Å². The minimum atomic E-state index is 0.502. The summed E-state index contributed by atoms with van der Waals surface area (Å²) in [5, 5.41) is 9.74. The number of hydrogen-bond acceptors (Lipinski definition) is 2. The normalized spacial score (nSPS) is 14.4. The molecule has 78 valence electrons. The lowest BCUT2D eigenvalue weighted by molar-refractivity contribution is 0.281. The highest BCUT2D eigenvalue weighted by Gasteiger charge is 2.04. The van der Waals surface area contributed by atoms with Crippen molar-refractivity contribution in [1.82, 2.24) is 4.90 Å². The van der Waals surface area contributed by atoms with Crippen molar-refractivity contribution in [2.45, 2.75) is 20.3 Å². The highest BCUT2D eigenvalue weighted by atomic mass is 16.3. The maximum absolute atomic E-state index is 9.74. The summed E-state index contributed by atoms with van der Waals surface area (Å²) in [6.07, 6.45) is 8.52. The van der Waals surface area contributed by atoms with Gasteiger partial charge >= 0.3 is 0 Å². The van der Waals surface area contributed by atoms with Crippen LogP contribution in [0.5, 0.6) is 0 Å². The fraction of sp³-hybridized carbons (Fsp3) is 0.500. The molecule has 0 radical (unpaired) electrons. The molecule has 1 aliphatic carbocycles. The fourth-order valence-corrected chi connectivity index (χ4v) is 1.51. The first-order chi connectivity index (χ1) is 6.77. The van der Waals surface area contributed by atoms with Gasteiger partial charge in [-0.25, -0.2) is 0 Å². The van der Waals surface area contributed by atoms with Gasteiger partial charge in [-0.15, -0.1) is 0 Å². The van der Waals surface area contributed by atoms with E-state index in [-0.39, 0.29) is 0 Å². The zero-order chi connectivity index (χ0) is 10.4. The fourth-order valence-electron chi connectivity index (χ4n) is 1.51. The Morgan fingerprint density at radius 3 is 2.29 bits per heavy atom. The Morgan fingerprint density at radius 1 is 1.21 bits per heavy atom. The lowest BCUT2D eigenvalue weighted by Crippen LogP contribution is -2.24. The minimum Gasteiger partial charge on any atom is -0.512 e. The number of aliphatic hydroxyl groups excluding tert-OH is 1. The quantitative estimate of drug-likeness (QED) is 0.678. The largest absolute Gasteiger partial charge is 0.512 e. The van der Waals surface area contributed by atoms with Crippen molar-refractivity contribution in [3.05, 3.63) is 35.6 Å². The van der Waals surface area contributed by atoms with E-state index < -0.39 is 0 Å².